The minimum absolute atomic E-state index is 0.145. The monoisotopic (exact) mass is 354 g/mol. The lowest BCUT2D eigenvalue weighted by atomic mass is 10.2. The zero-order valence-corrected chi connectivity index (χ0v) is 14.7. The second kappa shape index (κ2) is 6.44. The van der Waals surface area contributed by atoms with Gasteiger partial charge >= 0.3 is 5.97 Å². The standard InChI is InChI=1S/C19H18N2O3S/c1-12(19(23)24-10-13-6-3-2-4-7-13)21-11-20-17-16(18(21)22)14-8-5-9-15(14)25-17/h2-4,6-7,11-12H,5,8-10H2,1H3/t12-/m0/s1. The molecular weight excluding hydrogens is 336 g/mol. The largest absolute Gasteiger partial charge is 0.459 e. The molecule has 3 aromatic rings. The molecule has 0 spiro atoms. The molecule has 1 aromatic carbocycles. The quantitative estimate of drug-likeness (QED) is 0.675. The summed E-state index contributed by atoms with van der Waals surface area (Å²) < 4.78 is 6.75. The Morgan fingerprint density at radius 2 is 2.12 bits per heavy atom. The lowest BCUT2D eigenvalue weighted by molar-refractivity contribution is -0.148. The van der Waals surface area contributed by atoms with Crippen molar-refractivity contribution < 1.29 is 9.53 Å². The molecular formula is C19H18N2O3S. The van der Waals surface area contributed by atoms with Crippen molar-refractivity contribution in [1.29, 1.82) is 0 Å². The first-order chi connectivity index (χ1) is 12.1. The van der Waals surface area contributed by atoms with E-state index in [1.807, 2.05) is 30.3 Å². The Labute approximate surface area is 148 Å². The molecule has 0 bridgehead atoms. The number of aryl methyl sites for hydroxylation is 2. The van der Waals surface area contributed by atoms with E-state index >= 15 is 0 Å². The second-order valence-electron chi connectivity index (χ2n) is 6.26. The van der Waals surface area contributed by atoms with Crippen molar-refractivity contribution in [3.05, 3.63) is 63.0 Å². The predicted molar refractivity (Wildman–Crippen MR) is 96.9 cm³/mol. The summed E-state index contributed by atoms with van der Waals surface area (Å²) in [4.78, 5) is 31.7. The van der Waals surface area contributed by atoms with Crippen LogP contribution in [-0.4, -0.2) is 15.5 Å². The van der Waals surface area contributed by atoms with E-state index in [0.717, 1.165) is 35.2 Å². The number of ether oxygens (including phenoxy) is 1. The van der Waals surface area contributed by atoms with E-state index in [2.05, 4.69) is 4.98 Å². The first-order valence-electron chi connectivity index (χ1n) is 8.37. The van der Waals surface area contributed by atoms with Crippen LogP contribution < -0.4 is 5.56 Å². The molecule has 0 saturated heterocycles. The van der Waals surface area contributed by atoms with Crippen molar-refractivity contribution in [2.75, 3.05) is 0 Å². The van der Waals surface area contributed by atoms with Gasteiger partial charge in [0.1, 0.15) is 17.5 Å². The van der Waals surface area contributed by atoms with Crippen molar-refractivity contribution in [2.24, 2.45) is 0 Å². The van der Waals surface area contributed by atoms with Crippen molar-refractivity contribution in [1.82, 2.24) is 9.55 Å². The molecule has 0 saturated carbocycles. The van der Waals surface area contributed by atoms with Crippen molar-refractivity contribution in [3.63, 3.8) is 0 Å². The summed E-state index contributed by atoms with van der Waals surface area (Å²) in [5.74, 6) is -0.432. The average Bonchev–Trinajstić information content (AvgIpc) is 3.21. The van der Waals surface area contributed by atoms with Gasteiger partial charge in [-0.15, -0.1) is 11.3 Å². The molecule has 0 aliphatic heterocycles. The maximum absolute atomic E-state index is 12.9. The molecule has 1 aliphatic carbocycles. The molecule has 0 N–H and O–H groups in total. The highest BCUT2D eigenvalue weighted by atomic mass is 32.1. The van der Waals surface area contributed by atoms with Gasteiger partial charge in [0.05, 0.1) is 11.7 Å². The highest BCUT2D eigenvalue weighted by Crippen LogP contribution is 2.34. The molecule has 0 radical (unpaired) electrons. The number of hydrogen-bond donors (Lipinski definition) is 0. The van der Waals surface area contributed by atoms with E-state index in [1.54, 1.807) is 18.3 Å². The molecule has 25 heavy (non-hydrogen) atoms. The number of benzene rings is 1. The average molecular weight is 354 g/mol. The van der Waals surface area contributed by atoms with Crippen LogP contribution in [0.15, 0.2) is 41.5 Å². The van der Waals surface area contributed by atoms with E-state index in [0.29, 0.717) is 5.39 Å². The summed E-state index contributed by atoms with van der Waals surface area (Å²) >= 11 is 1.60. The Morgan fingerprint density at radius 1 is 1.32 bits per heavy atom. The van der Waals surface area contributed by atoms with Crippen LogP contribution in [0.25, 0.3) is 10.2 Å². The van der Waals surface area contributed by atoms with Gasteiger partial charge in [-0.05, 0) is 37.3 Å². The Hall–Kier alpha value is -2.47. The van der Waals surface area contributed by atoms with Crippen LogP contribution in [0.1, 0.15) is 35.4 Å². The Kier molecular flexibility index (Phi) is 4.13. The smallest absolute Gasteiger partial charge is 0.329 e. The number of carbonyl (C=O) groups is 1. The summed E-state index contributed by atoms with van der Waals surface area (Å²) in [5.41, 5.74) is 1.89. The van der Waals surface area contributed by atoms with E-state index in [1.165, 1.54) is 15.8 Å². The first kappa shape index (κ1) is 16.0. The molecule has 0 unspecified atom stereocenters. The van der Waals surface area contributed by atoms with Gasteiger partial charge in [0.25, 0.3) is 5.56 Å². The SMILES string of the molecule is C[C@@H](C(=O)OCc1ccccc1)n1cnc2sc3c(c2c1=O)CCC3. The number of rotatable bonds is 4. The first-order valence-corrected chi connectivity index (χ1v) is 9.18. The predicted octanol–water partition coefficient (Wildman–Crippen LogP) is 3.25. The number of carbonyl (C=O) groups excluding carboxylic acids is 1. The van der Waals surface area contributed by atoms with E-state index < -0.39 is 12.0 Å². The van der Waals surface area contributed by atoms with Crippen LogP contribution in [0, 0.1) is 0 Å². The van der Waals surface area contributed by atoms with Gasteiger partial charge in [-0.1, -0.05) is 30.3 Å². The summed E-state index contributed by atoms with van der Waals surface area (Å²) in [6.45, 7) is 1.87. The molecule has 6 heteroatoms. The number of aromatic nitrogens is 2. The van der Waals surface area contributed by atoms with E-state index in [4.69, 9.17) is 4.74 Å². The van der Waals surface area contributed by atoms with Crippen LogP contribution in [-0.2, 0) is 29.0 Å². The fraction of sp³-hybridized carbons (Fsp3) is 0.316. The number of fused-ring (bicyclic) bond motifs is 3. The summed E-state index contributed by atoms with van der Waals surface area (Å²) in [6, 6.07) is 8.79. The van der Waals surface area contributed by atoms with E-state index in [-0.39, 0.29) is 12.2 Å². The normalized spacial score (nSPS) is 14.4. The van der Waals surface area contributed by atoms with Gasteiger partial charge in [-0.2, -0.15) is 0 Å². The number of thiophene rings is 1. The molecule has 0 fully saturated rings. The van der Waals surface area contributed by atoms with Gasteiger partial charge in [0.2, 0.25) is 0 Å². The topological polar surface area (TPSA) is 61.2 Å². The maximum Gasteiger partial charge on any atom is 0.329 e. The second-order valence-corrected chi connectivity index (χ2v) is 7.35. The van der Waals surface area contributed by atoms with Crippen molar-refractivity contribution in [3.8, 4) is 0 Å². The van der Waals surface area contributed by atoms with Gasteiger partial charge in [0, 0.05) is 4.88 Å². The van der Waals surface area contributed by atoms with E-state index in [9.17, 15) is 9.59 Å². The van der Waals surface area contributed by atoms with Gasteiger partial charge < -0.3 is 4.74 Å². The molecule has 1 atom stereocenters. The Balaban J connectivity index is 1.59. The molecule has 5 nitrogen and oxygen atoms in total. The minimum atomic E-state index is -0.704. The van der Waals surface area contributed by atoms with Crippen molar-refractivity contribution >= 4 is 27.5 Å². The zero-order valence-electron chi connectivity index (χ0n) is 13.9. The molecule has 2 aromatic heterocycles. The van der Waals surface area contributed by atoms with Crippen LogP contribution >= 0.6 is 11.3 Å². The fourth-order valence-electron chi connectivity index (χ4n) is 3.24. The fourth-order valence-corrected chi connectivity index (χ4v) is 4.46. The third-order valence-corrected chi connectivity index (χ3v) is 5.83. The van der Waals surface area contributed by atoms with Crippen LogP contribution in [0.3, 0.4) is 0 Å². The van der Waals surface area contributed by atoms with Crippen LogP contribution in [0.4, 0.5) is 0 Å². The Bertz CT molecular complexity index is 991. The number of hydrogen-bond acceptors (Lipinski definition) is 5. The van der Waals surface area contributed by atoms with Gasteiger partial charge in [0.15, 0.2) is 0 Å². The minimum Gasteiger partial charge on any atom is -0.459 e. The molecule has 1 aliphatic rings. The van der Waals surface area contributed by atoms with Gasteiger partial charge in [-0.3, -0.25) is 9.36 Å². The maximum atomic E-state index is 12.9. The third kappa shape index (κ3) is 2.87. The zero-order chi connectivity index (χ0) is 17.4. The summed E-state index contributed by atoms with van der Waals surface area (Å²) in [6.07, 6.45) is 4.48. The third-order valence-electron chi connectivity index (χ3n) is 4.63. The summed E-state index contributed by atoms with van der Waals surface area (Å²) in [5, 5.41) is 0.683. The Morgan fingerprint density at radius 3 is 2.92 bits per heavy atom. The highest BCUT2D eigenvalue weighted by Gasteiger charge is 2.24. The molecule has 0 amide bonds. The lowest BCUT2D eigenvalue weighted by Crippen LogP contribution is -2.29. The van der Waals surface area contributed by atoms with Crippen molar-refractivity contribution in [2.45, 2.75) is 38.8 Å². The molecule has 2 heterocycles. The summed E-state index contributed by atoms with van der Waals surface area (Å²) in [7, 11) is 0. The van der Waals surface area contributed by atoms with Crippen LogP contribution in [0.2, 0.25) is 0 Å². The number of esters is 1. The van der Waals surface area contributed by atoms with Crippen LogP contribution in [0.5, 0.6) is 0 Å². The highest BCUT2D eigenvalue weighted by molar-refractivity contribution is 7.18. The molecule has 128 valence electrons. The van der Waals surface area contributed by atoms with Gasteiger partial charge in [-0.25, -0.2) is 9.78 Å². The lowest BCUT2D eigenvalue weighted by Gasteiger charge is -2.14. The number of nitrogens with zero attached hydrogens (tertiary/aromatic N) is 2. The molecule has 4 rings (SSSR count).